The van der Waals surface area contributed by atoms with Crippen molar-refractivity contribution in [1.29, 1.82) is 0 Å². The number of aldehydes is 1. The monoisotopic (exact) mass is 686 g/mol. The normalized spacial score (nSPS) is 12.1. The smallest absolute Gasteiger partial charge is 0.308 e. The number of nitrogens with zero attached hydrogens (tertiary/aromatic N) is 1. The lowest BCUT2D eigenvalue weighted by molar-refractivity contribution is -0.148. The van der Waals surface area contributed by atoms with E-state index in [0.29, 0.717) is 19.1 Å². The van der Waals surface area contributed by atoms with Crippen LogP contribution in [-0.2, 0) is 19.1 Å². The molecular formula is C42H87NO5. The number of unbranched alkanes of at least 4 members (excludes halogenated alkanes) is 17. The molecular weight excluding hydrogens is 598 g/mol. The summed E-state index contributed by atoms with van der Waals surface area (Å²) in [7, 11) is 3.89. The molecule has 0 heterocycles. The van der Waals surface area contributed by atoms with Crippen molar-refractivity contribution in [1.82, 2.24) is 4.90 Å². The highest BCUT2D eigenvalue weighted by Gasteiger charge is 2.13. The van der Waals surface area contributed by atoms with E-state index in [1.165, 1.54) is 122 Å². The third-order valence-corrected chi connectivity index (χ3v) is 9.02. The highest BCUT2D eigenvalue weighted by molar-refractivity contribution is 5.71. The number of aliphatic hydroxyl groups excluding tert-OH is 1. The van der Waals surface area contributed by atoms with E-state index in [0.717, 1.165) is 71.1 Å². The third-order valence-electron chi connectivity index (χ3n) is 9.02. The van der Waals surface area contributed by atoms with Gasteiger partial charge in [-0.2, -0.15) is 0 Å². The van der Waals surface area contributed by atoms with Gasteiger partial charge in [0.25, 0.3) is 0 Å². The Hall–Kier alpha value is -0.980. The zero-order valence-electron chi connectivity index (χ0n) is 33.7. The molecule has 0 fully saturated rings. The molecule has 0 aromatic carbocycles. The van der Waals surface area contributed by atoms with Gasteiger partial charge >= 0.3 is 5.97 Å². The Morgan fingerprint density at radius 2 is 1.02 bits per heavy atom. The second kappa shape index (κ2) is 46.0. The molecule has 0 saturated heterocycles. The summed E-state index contributed by atoms with van der Waals surface area (Å²) in [6, 6.07) is 0. The van der Waals surface area contributed by atoms with E-state index in [-0.39, 0.29) is 11.9 Å². The van der Waals surface area contributed by atoms with Gasteiger partial charge in [-0.3, -0.25) is 4.79 Å². The topological polar surface area (TPSA) is 76.1 Å². The molecule has 0 aromatic heterocycles. The second-order valence-corrected chi connectivity index (χ2v) is 14.1. The van der Waals surface area contributed by atoms with E-state index < -0.39 is 0 Å². The van der Waals surface area contributed by atoms with Crippen molar-refractivity contribution in [3.05, 3.63) is 0 Å². The van der Waals surface area contributed by atoms with Crippen LogP contribution in [0.3, 0.4) is 0 Å². The maximum atomic E-state index is 11.8. The van der Waals surface area contributed by atoms with Crippen LogP contribution in [0.5, 0.6) is 0 Å². The number of hydrogen-bond acceptors (Lipinski definition) is 6. The minimum absolute atomic E-state index is 0.0234. The number of aliphatic hydroxyl groups is 1. The van der Waals surface area contributed by atoms with Crippen molar-refractivity contribution in [2.45, 2.75) is 202 Å². The predicted octanol–water partition coefficient (Wildman–Crippen LogP) is 11.7. The fourth-order valence-electron chi connectivity index (χ4n) is 5.55. The quantitative estimate of drug-likeness (QED) is 0.0413. The van der Waals surface area contributed by atoms with Gasteiger partial charge in [0.1, 0.15) is 6.29 Å². The van der Waals surface area contributed by atoms with Crippen LogP contribution in [0.25, 0.3) is 0 Å². The Balaban J connectivity index is -0.000000707. The van der Waals surface area contributed by atoms with Gasteiger partial charge in [0.05, 0.1) is 12.5 Å². The first kappa shape index (κ1) is 51.4. The van der Waals surface area contributed by atoms with Gasteiger partial charge in [-0.05, 0) is 71.5 Å². The van der Waals surface area contributed by atoms with Crippen LogP contribution in [0, 0.1) is 11.8 Å². The van der Waals surface area contributed by atoms with Crippen molar-refractivity contribution in [2.24, 2.45) is 11.8 Å². The Morgan fingerprint density at radius 1 is 0.604 bits per heavy atom. The fourth-order valence-corrected chi connectivity index (χ4v) is 5.55. The average molecular weight is 686 g/mol. The predicted molar refractivity (Wildman–Crippen MR) is 209 cm³/mol. The molecule has 1 N–H and O–H groups in total. The maximum absolute atomic E-state index is 11.8. The molecule has 0 amide bonds. The number of carbonyl (C=O) groups excluding carboxylic acids is 2. The van der Waals surface area contributed by atoms with Crippen LogP contribution >= 0.6 is 0 Å². The van der Waals surface area contributed by atoms with Gasteiger partial charge in [0, 0.05) is 26.2 Å². The van der Waals surface area contributed by atoms with Crippen molar-refractivity contribution in [3.63, 3.8) is 0 Å². The summed E-state index contributed by atoms with van der Waals surface area (Å²) in [5.41, 5.74) is 0. The lowest BCUT2D eigenvalue weighted by atomic mass is 9.95. The number of rotatable bonds is 34. The van der Waals surface area contributed by atoms with Crippen LogP contribution < -0.4 is 0 Å². The molecule has 48 heavy (non-hydrogen) atoms. The lowest BCUT2D eigenvalue weighted by Gasteiger charge is -2.16. The number of methoxy groups -OCH3 is 1. The van der Waals surface area contributed by atoms with E-state index in [9.17, 15) is 9.59 Å². The average Bonchev–Trinajstić information content (AvgIpc) is 3.09. The standard InChI is InChI=1S/C19H39NO3.C16H32O.C7H16O/c1-4-5-8-13-18(2)19(22)23-17-12-7-6-9-14-20(3)15-10-11-16-21;1-3-5-7-9-10-12-14-16(15-17)13-11-8-6-4-2;1-3-4-5-6-7-8-2/h18,21H,4-17H2,1-3H3;15-16H,3-14H2,1-2H3;3-7H2,1-2H3. The molecule has 0 bridgehead atoms. The minimum Gasteiger partial charge on any atom is -0.465 e. The van der Waals surface area contributed by atoms with E-state index in [1.54, 1.807) is 7.11 Å². The second-order valence-electron chi connectivity index (χ2n) is 14.1. The number of carbonyl (C=O) groups is 2. The van der Waals surface area contributed by atoms with Gasteiger partial charge in [-0.1, -0.05) is 150 Å². The number of ether oxygens (including phenoxy) is 2. The minimum atomic E-state index is -0.0234. The molecule has 0 aliphatic rings. The van der Waals surface area contributed by atoms with E-state index in [4.69, 9.17) is 14.6 Å². The molecule has 0 spiro atoms. The SMILES string of the molecule is CCCCCC(C)C(=O)OCCCCCCN(C)CCCCO.CCCCCCCCC(C=O)CCCCCC.CCCCCCOC. The maximum Gasteiger partial charge on any atom is 0.308 e. The molecule has 0 aliphatic heterocycles. The van der Waals surface area contributed by atoms with Crippen molar-refractivity contribution >= 4 is 12.3 Å². The molecule has 0 rings (SSSR count). The van der Waals surface area contributed by atoms with E-state index in [1.807, 2.05) is 6.92 Å². The molecule has 0 saturated carbocycles. The summed E-state index contributed by atoms with van der Waals surface area (Å²) in [6.07, 6.45) is 32.7. The summed E-state index contributed by atoms with van der Waals surface area (Å²) in [6.45, 7) is 14.8. The van der Waals surface area contributed by atoms with Crippen molar-refractivity contribution in [2.75, 3.05) is 47.1 Å². The first-order chi connectivity index (χ1) is 23.4. The summed E-state index contributed by atoms with van der Waals surface area (Å²) >= 11 is 0. The third kappa shape index (κ3) is 45.0. The summed E-state index contributed by atoms with van der Waals surface area (Å²) < 4.78 is 10.2. The highest BCUT2D eigenvalue weighted by atomic mass is 16.5. The first-order valence-corrected chi connectivity index (χ1v) is 20.8. The summed E-state index contributed by atoms with van der Waals surface area (Å²) in [4.78, 5) is 25.1. The van der Waals surface area contributed by atoms with Gasteiger partial charge in [0.2, 0.25) is 0 Å². The van der Waals surface area contributed by atoms with E-state index in [2.05, 4.69) is 39.6 Å². The van der Waals surface area contributed by atoms with E-state index >= 15 is 0 Å². The molecule has 0 aliphatic carbocycles. The molecule has 2 unspecified atom stereocenters. The Kier molecular flexibility index (Phi) is 49.3. The molecule has 290 valence electrons. The Labute approximate surface area is 301 Å². The zero-order chi connectivity index (χ0) is 36.4. The molecule has 0 aromatic rings. The fraction of sp³-hybridized carbons (Fsp3) is 0.952. The van der Waals surface area contributed by atoms with Crippen molar-refractivity contribution in [3.8, 4) is 0 Å². The highest BCUT2D eigenvalue weighted by Crippen LogP contribution is 2.17. The van der Waals surface area contributed by atoms with Crippen molar-refractivity contribution < 1.29 is 24.2 Å². The molecule has 6 heteroatoms. The molecule has 2 atom stereocenters. The van der Waals surface area contributed by atoms with Gasteiger partial charge in [0.15, 0.2) is 0 Å². The summed E-state index contributed by atoms with van der Waals surface area (Å²) in [5.74, 6) is 0.372. The Bertz CT molecular complexity index is 597. The molecule has 0 radical (unpaired) electrons. The van der Waals surface area contributed by atoms with Crippen LogP contribution in [0.15, 0.2) is 0 Å². The molecule has 6 nitrogen and oxygen atoms in total. The largest absolute Gasteiger partial charge is 0.465 e. The van der Waals surface area contributed by atoms with Crippen LogP contribution in [0.2, 0.25) is 0 Å². The zero-order valence-corrected chi connectivity index (χ0v) is 33.7. The number of hydrogen-bond donors (Lipinski definition) is 1. The number of esters is 1. The van der Waals surface area contributed by atoms with Crippen LogP contribution in [0.4, 0.5) is 0 Å². The van der Waals surface area contributed by atoms with Gasteiger partial charge in [-0.25, -0.2) is 0 Å². The Morgan fingerprint density at radius 3 is 1.56 bits per heavy atom. The van der Waals surface area contributed by atoms with Crippen LogP contribution in [-0.4, -0.2) is 69.3 Å². The first-order valence-electron chi connectivity index (χ1n) is 20.8. The van der Waals surface area contributed by atoms with Crippen LogP contribution in [0.1, 0.15) is 202 Å². The lowest BCUT2D eigenvalue weighted by Crippen LogP contribution is -2.21. The van der Waals surface area contributed by atoms with Gasteiger partial charge in [-0.15, -0.1) is 0 Å². The summed E-state index contributed by atoms with van der Waals surface area (Å²) in [5, 5.41) is 8.75. The van der Waals surface area contributed by atoms with Gasteiger partial charge < -0.3 is 24.3 Å².